The van der Waals surface area contributed by atoms with Crippen LogP contribution in [0.1, 0.15) is 12.0 Å². The van der Waals surface area contributed by atoms with Gasteiger partial charge >= 0.3 is 0 Å². The van der Waals surface area contributed by atoms with Crippen LogP contribution < -0.4 is 10.1 Å². The van der Waals surface area contributed by atoms with Gasteiger partial charge < -0.3 is 10.1 Å². The number of thiophene rings is 1. The fourth-order valence-electron chi connectivity index (χ4n) is 1.32. The van der Waals surface area contributed by atoms with Crippen LogP contribution in [0.15, 0.2) is 5.38 Å². The van der Waals surface area contributed by atoms with Crippen molar-refractivity contribution >= 4 is 16.3 Å². The Hall–Kier alpha value is -0.700. The Morgan fingerprint density at radius 1 is 1.64 bits per heavy atom. The van der Waals surface area contributed by atoms with Gasteiger partial charge in [-0.05, 0) is 18.2 Å². The summed E-state index contributed by atoms with van der Waals surface area (Å²) in [5.41, 5.74) is 1.37. The molecule has 0 saturated carbocycles. The third-order valence-electron chi connectivity index (χ3n) is 1.88. The molecule has 0 aromatic carbocycles. The molecule has 11 heavy (non-hydrogen) atoms. The van der Waals surface area contributed by atoms with E-state index >= 15 is 0 Å². The van der Waals surface area contributed by atoms with Crippen LogP contribution in [-0.2, 0) is 6.42 Å². The number of hydrogen-bond acceptors (Lipinski definition) is 3. The summed E-state index contributed by atoms with van der Waals surface area (Å²) in [6.45, 7) is 0.873. The van der Waals surface area contributed by atoms with Crippen molar-refractivity contribution in [2.24, 2.45) is 0 Å². The van der Waals surface area contributed by atoms with Gasteiger partial charge in [0.05, 0.1) is 6.61 Å². The Labute approximate surface area is 70.2 Å². The largest absolute Gasteiger partial charge is 0.490 e. The minimum absolute atomic E-state index is 0.873. The van der Waals surface area contributed by atoms with Crippen LogP contribution >= 0.6 is 11.3 Å². The number of hydrogen-bond donors (Lipinski definition) is 1. The Morgan fingerprint density at radius 3 is 3.36 bits per heavy atom. The summed E-state index contributed by atoms with van der Waals surface area (Å²) in [5.74, 6) is 1.09. The van der Waals surface area contributed by atoms with Crippen molar-refractivity contribution in [1.82, 2.24) is 0 Å². The van der Waals surface area contributed by atoms with E-state index in [9.17, 15) is 0 Å². The molecule has 3 heteroatoms. The maximum Gasteiger partial charge on any atom is 0.156 e. The van der Waals surface area contributed by atoms with Crippen LogP contribution in [0.5, 0.6) is 5.75 Å². The smallest absolute Gasteiger partial charge is 0.156 e. The van der Waals surface area contributed by atoms with E-state index < -0.39 is 0 Å². The number of aryl methyl sites for hydroxylation is 1. The van der Waals surface area contributed by atoms with E-state index in [0.717, 1.165) is 18.8 Å². The average molecular weight is 169 g/mol. The summed E-state index contributed by atoms with van der Waals surface area (Å²) in [6, 6.07) is 0. The lowest BCUT2D eigenvalue weighted by atomic mass is 10.1. The molecule has 1 aliphatic rings. The van der Waals surface area contributed by atoms with Crippen LogP contribution in [0.3, 0.4) is 0 Å². The van der Waals surface area contributed by atoms with Crippen molar-refractivity contribution in [1.29, 1.82) is 0 Å². The van der Waals surface area contributed by atoms with Gasteiger partial charge in [0.2, 0.25) is 0 Å². The van der Waals surface area contributed by atoms with Gasteiger partial charge in [0.25, 0.3) is 0 Å². The topological polar surface area (TPSA) is 21.3 Å². The Morgan fingerprint density at radius 2 is 2.55 bits per heavy atom. The fourth-order valence-corrected chi connectivity index (χ4v) is 2.22. The van der Waals surface area contributed by atoms with E-state index in [1.807, 2.05) is 7.05 Å². The predicted molar refractivity (Wildman–Crippen MR) is 47.7 cm³/mol. The van der Waals surface area contributed by atoms with Gasteiger partial charge in [0.1, 0.15) is 5.00 Å². The van der Waals surface area contributed by atoms with Crippen LogP contribution in [0, 0.1) is 0 Å². The Bertz CT molecular complexity index is 243. The highest BCUT2D eigenvalue weighted by Gasteiger charge is 2.15. The van der Waals surface area contributed by atoms with Gasteiger partial charge in [-0.2, -0.15) is 0 Å². The molecule has 1 aromatic rings. The summed E-state index contributed by atoms with van der Waals surface area (Å²) in [5, 5.41) is 6.48. The van der Waals surface area contributed by atoms with E-state index in [1.165, 1.54) is 17.0 Å². The first-order valence-corrected chi connectivity index (χ1v) is 4.70. The third-order valence-corrected chi connectivity index (χ3v) is 2.91. The van der Waals surface area contributed by atoms with E-state index in [1.54, 1.807) is 11.3 Å². The second kappa shape index (κ2) is 2.74. The molecule has 2 nitrogen and oxygen atoms in total. The first-order valence-electron chi connectivity index (χ1n) is 3.82. The lowest BCUT2D eigenvalue weighted by Crippen LogP contribution is -2.07. The lowest BCUT2D eigenvalue weighted by Gasteiger charge is -2.14. The van der Waals surface area contributed by atoms with Crippen LogP contribution in [0.4, 0.5) is 5.00 Å². The molecule has 1 N–H and O–H groups in total. The van der Waals surface area contributed by atoms with Gasteiger partial charge in [0.15, 0.2) is 5.75 Å². The number of fused-ring (bicyclic) bond motifs is 1. The number of anilines is 1. The van der Waals surface area contributed by atoms with Gasteiger partial charge in [-0.25, -0.2) is 0 Å². The highest BCUT2D eigenvalue weighted by Crippen LogP contribution is 2.38. The summed E-state index contributed by atoms with van der Waals surface area (Å²) in [7, 11) is 1.93. The standard InChI is InChI=1S/C8H11NOS/c1-9-8-7-6(5-11-8)3-2-4-10-7/h5,9H,2-4H2,1H3. The lowest BCUT2D eigenvalue weighted by molar-refractivity contribution is 0.291. The average Bonchev–Trinajstić information content (AvgIpc) is 2.47. The van der Waals surface area contributed by atoms with Crippen molar-refractivity contribution in [2.45, 2.75) is 12.8 Å². The normalized spacial score (nSPS) is 15.4. The summed E-state index contributed by atoms with van der Waals surface area (Å²) >= 11 is 1.73. The molecule has 1 aromatic heterocycles. The van der Waals surface area contributed by atoms with Gasteiger partial charge in [-0.15, -0.1) is 11.3 Å². The molecule has 1 aliphatic heterocycles. The monoisotopic (exact) mass is 169 g/mol. The molecule has 2 rings (SSSR count). The van der Waals surface area contributed by atoms with E-state index in [2.05, 4.69) is 10.7 Å². The zero-order valence-corrected chi connectivity index (χ0v) is 7.33. The summed E-state index contributed by atoms with van der Waals surface area (Å²) in [4.78, 5) is 0. The molecular formula is C8H11NOS. The number of rotatable bonds is 1. The first kappa shape index (κ1) is 6.98. The molecule has 0 radical (unpaired) electrons. The van der Waals surface area contributed by atoms with Crippen molar-refractivity contribution in [3.05, 3.63) is 10.9 Å². The Balaban J connectivity index is 2.38. The fraction of sp³-hybridized carbons (Fsp3) is 0.500. The molecule has 0 saturated heterocycles. The van der Waals surface area contributed by atoms with Crippen LogP contribution in [0.25, 0.3) is 0 Å². The number of nitrogens with one attached hydrogen (secondary N) is 1. The second-order valence-electron chi connectivity index (χ2n) is 2.62. The van der Waals surface area contributed by atoms with Crippen molar-refractivity contribution < 1.29 is 4.74 Å². The van der Waals surface area contributed by atoms with Crippen molar-refractivity contribution in [2.75, 3.05) is 19.0 Å². The van der Waals surface area contributed by atoms with Crippen LogP contribution in [0.2, 0.25) is 0 Å². The molecule has 60 valence electrons. The van der Waals surface area contributed by atoms with E-state index in [-0.39, 0.29) is 0 Å². The van der Waals surface area contributed by atoms with E-state index in [0.29, 0.717) is 0 Å². The molecular weight excluding hydrogens is 158 g/mol. The minimum atomic E-state index is 0.873. The van der Waals surface area contributed by atoms with Crippen LogP contribution in [-0.4, -0.2) is 13.7 Å². The van der Waals surface area contributed by atoms with Gasteiger partial charge in [0, 0.05) is 12.6 Å². The molecule has 0 aliphatic carbocycles. The zero-order valence-electron chi connectivity index (χ0n) is 6.52. The van der Waals surface area contributed by atoms with Gasteiger partial charge in [-0.3, -0.25) is 0 Å². The molecule has 2 heterocycles. The second-order valence-corrected chi connectivity index (χ2v) is 3.50. The zero-order chi connectivity index (χ0) is 7.68. The molecule has 0 spiro atoms. The SMILES string of the molecule is CNc1scc2c1OCCC2. The van der Waals surface area contributed by atoms with E-state index in [4.69, 9.17) is 4.74 Å². The van der Waals surface area contributed by atoms with Crippen molar-refractivity contribution in [3.63, 3.8) is 0 Å². The number of ether oxygens (including phenoxy) is 1. The molecule has 0 atom stereocenters. The van der Waals surface area contributed by atoms with Crippen molar-refractivity contribution in [3.8, 4) is 5.75 Å². The highest BCUT2D eigenvalue weighted by molar-refractivity contribution is 7.14. The molecule has 0 bridgehead atoms. The summed E-state index contributed by atoms with van der Waals surface area (Å²) < 4.78 is 5.53. The Kier molecular flexibility index (Phi) is 1.74. The molecule has 0 fully saturated rings. The molecule has 0 unspecified atom stereocenters. The quantitative estimate of drug-likeness (QED) is 0.695. The molecule has 0 amide bonds. The first-order chi connectivity index (χ1) is 5.42. The third kappa shape index (κ3) is 1.09. The summed E-state index contributed by atoms with van der Waals surface area (Å²) in [6.07, 6.45) is 2.33. The maximum absolute atomic E-state index is 5.53. The van der Waals surface area contributed by atoms with Gasteiger partial charge in [-0.1, -0.05) is 0 Å². The highest BCUT2D eigenvalue weighted by atomic mass is 32.1. The minimum Gasteiger partial charge on any atom is -0.490 e. The maximum atomic E-state index is 5.53. The predicted octanol–water partition coefficient (Wildman–Crippen LogP) is 2.11.